The van der Waals surface area contributed by atoms with E-state index in [2.05, 4.69) is 25.9 Å². The quantitative estimate of drug-likeness (QED) is 0.432. The van der Waals surface area contributed by atoms with Crippen molar-refractivity contribution in [2.24, 2.45) is 5.41 Å². The molecular weight excluding hydrogens is 464 g/mol. The lowest BCUT2D eigenvalue weighted by Crippen LogP contribution is -2.12. The predicted octanol–water partition coefficient (Wildman–Crippen LogP) is 3.96. The number of aryl methyl sites for hydroxylation is 1. The lowest BCUT2D eigenvalue weighted by molar-refractivity contribution is 0.102. The number of benzene rings is 1. The van der Waals surface area contributed by atoms with Crippen molar-refractivity contribution >= 4 is 30.6 Å². The van der Waals surface area contributed by atoms with Gasteiger partial charge in [0.15, 0.2) is 0 Å². The zero-order chi connectivity index (χ0) is 23.5. The van der Waals surface area contributed by atoms with Crippen molar-refractivity contribution < 1.29 is 14.1 Å². The van der Waals surface area contributed by atoms with Gasteiger partial charge in [-0.2, -0.15) is 23.6 Å². The fourth-order valence-corrected chi connectivity index (χ4v) is 4.24. The van der Waals surface area contributed by atoms with Crippen LogP contribution in [0.4, 0.5) is 5.69 Å². The Morgan fingerprint density at radius 1 is 1.26 bits per heavy atom. The maximum Gasteiger partial charge on any atom is 0.259 e. The Bertz CT molecular complexity index is 1290. The Hall–Kier alpha value is -3.21. The van der Waals surface area contributed by atoms with E-state index in [1.165, 1.54) is 38.7 Å². The van der Waals surface area contributed by atoms with Gasteiger partial charge in [-0.15, -0.1) is 0 Å². The minimum Gasteiger partial charge on any atom is -0.380 e. The van der Waals surface area contributed by atoms with Crippen molar-refractivity contribution in [1.82, 2.24) is 25.1 Å². The molecule has 1 aliphatic carbocycles. The highest BCUT2D eigenvalue weighted by Gasteiger charge is 2.44. The average molecular weight is 495 g/mol. The Labute approximate surface area is 210 Å². The second-order valence-electron chi connectivity index (χ2n) is 9.02. The molecule has 0 bridgehead atoms. The fourth-order valence-electron chi connectivity index (χ4n) is 4.24. The van der Waals surface area contributed by atoms with Crippen LogP contribution in [0.15, 0.2) is 53.6 Å². The molecule has 4 heterocycles. The number of ether oxygens (including phenoxy) is 1. The summed E-state index contributed by atoms with van der Waals surface area (Å²) in [5.41, 5.74) is 5.38. The molecular formula is C25H30N6O3S. The van der Waals surface area contributed by atoms with Gasteiger partial charge in [-0.3, -0.25) is 4.79 Å². The molecule has 4 aromatic rings. The fraction of sp³-hybridized carbons (Fsp3) is 0.360. The van der Waals surface area contributed by atoms with Crippen molar-refractivity contribution in [1.29, 1.82) is 0 Å². The Balaban J connectivity index is 0.000000307. The van der Waals surface area contributed by atoms with E-state index < -0.39 is 0 Å². The summed E-state index contributed by atoms with van der Waals surface area (Å²) in [7, 11) is 1.64. The first kappa shape index (κ1) is 24.9. The summed E-state index contributed by atoms with van der Waals surface area (Å²) in [6.07, 6.45) is 9.12. The molecule has 0 radical (unpaired) electrons. The molecule has 0 atom stereocenters. The molecule has 6 rings (SSSR count). The summed E-state index contributed by atoms with van der Waals surface area (Å²) in [4.78, 5) is 16.8. The van der Waals surface area contributed by atoms with Crippen LogP contribution in [0, 0.1) is 12.3 Å². The van der Waals surface area contributed by atoms with Gasteiger partial charge in [0.1, 0.15) is 0 Å². The first-order valence-corrected chi connectivity index (χ1v) is 11.4. The topological polar surface area (TPSA) is 107 Å². The molecule has 2 N–H and O–H groups in total. The summed E-state index contributed by atoms with van der Waals surface area (Å²) in [5.74, 6) is 0.227. The molecule has 35 heavy (non-hydrogen) atoms. The Morgan fingerprint density at radius 3 is 2.77 bits per heavy atom. The van der Waals surface area contributed by atoms with Gasteiger partial charge >= 0.3 is 0 Å². The second-order valence-corrected chi connectivity index (χ2v) is 9.02. The summed E-state index contributed by atoms with van der Waals surface area (Å²) >= 11 is 0. The minimum atomic E-state index is -0.238. The van der Waals surface area contributed by atoms with Crippen LogP contribution in [0.2, 0.25) is 0 Å². The number of hydrogen-bond donors (Lipinski definition) is 2. The highest BCUT2D eigenvalue weighted by atomic mass is 32.1. The van der Waals surface area contributed by atoms with E-state index in [0.29, 0.717) is 23.7 Å². The SMILES string of the molecule is C1CC2(CC2)CN1.COCc1ccc2c(C(=O)Nc3cc(-c4ncon4)ccc3C)cnn2c1.S. The molecule has 1 aromatic carbocycles. The van der Waals surface area contributed by atoms with Gasteiger partial charge in [-0.25, -0.2) is 4.52 Å². The largest absolute Gasteiger partial charge is 0.380 e. The normalized spacial score (nSPS) is 15.4. The number of methoxy groups -OCH3 is 1. The number of pyridine rings is 1. The van der Waals surface area contributed by atoms with E-state index in [0.717, 1.165) is 27.6 Å². The number of nitrogens with one attached hydrogen (secondary N) is 2. The number of amides is 1. The highest BCUT2D eigenvalue weighted by Crippen LogP contribution is 2.49. The van der Waals surface area contributed by atoms with Crippen LogP contribution in [-0.4, -0.2) is 45.9 Å². The number of rotatable bonds is 5. The van der Waals surface area contributed by atoms with E-state index in [4.69, 9.17) is 9.26 Å². The zero-order valence-electron chi connectivity index (χ0n) is 19.9. The molecule has 9 nitrogen and oxygen atoms in total. The van der Waals surface area contributed by atoms with E-state index in [9.17, 15) is 4.79 Å². The van der Waals surface area contributed by atoms with Gasteiger partial charge in [-0.1, -0.05) is 23.4 Å². The van der Waals surface area contributed by atoms with E-state index in [1.54, 1.807) is 17.8 Å². The summed E-state index contributed by atoms with van der Waals surface area (Å²) in [6, 6.07) is 9.37. The molecule has 2 aliphatic rings. The third-order valence-corrected chi connectivity index (χ3v) is 6.53. The van der Waals surface area contributed by atoms with Gasteiger partial charge in [0.05, 0.1) is 23.9 Å². The van der Waals surface area contributed by atoms with Gasteiger partial charge < -0.3 is 19.9 Å². The molecule has 1 amide bonds. The molecule has 1 saturated carbocycles. The van der Waals surface area contributed by atoms with Crippen LogP contribution < -0.4 is 10.6 Å². The lowest BCUT2D eigenvalue weighted by Gasteiger charge is -2.09. The van der Waals surface area contributed by atoms with Crippen LogP contribution >= 0.6 is 13.5 Å². The zero-order valence-corrected chi connectivity index (χ0v) is 20.9. The predicted molar refractivity (Wildman–Crippen MR) is 138 cm³/mol. The van der Waals surface area contributed by atoms with Crippen LogP contribution in [0.25, 0.3) is 16.9 Å². The number of anilines is 1. The first-order valence-electron chi connectivity index (χ1n) is 11.4. The molecule has 1 spiro atoms. The standard InChI is InChI=1S/C19H17N5O3.C6H11N.H2S/c1-12-3-5-14(18-20-11-27-23-18)7-16(12)22-19(25)15-8-21-24-9-13(10-26-2)4-6-17(15)24;1-2-6(1)3-4-7-5-6;/h3-9,11H,10H2,1-2H3,(H,22,25);7H,1-5H2;1H2. The van der Waals surface area contributed by atoms with Crippen LogP contribution in [0.1, 0.15) is 40.7 Å². The Kier molecular flexibility index (Phi) is 7.54. The maximum atomic E-state index is 12.8. The number of carbonyl (C=O) groups is 1. The van der Waals surface area contributed by atoms with E-state index in [1.807, 2.05) is 43.5 Å². The van der Waals surface area contributed by atoms with Crippen molar-refractivity contribution in [2.45, 2.75) is 32.8 Å². The first-order chi connectivity index (χ1) is 16.6. The third-order valence-electron chi connectivity index (χ3n) is 6.53. The number of nitrogens with zero attached hydrogens (tertiary/aromatic N) is 4. The van der Waals surface area contributed by atoms with Gasteiger partial charge in [0, 0.05) is 31.1 Å². The molecule has 1 aliphatic heterocycles. The smallest absolute Gasteiger partial charge is 0.259 e. The summed E-state index contributed by atoms with van der Waals surface area (Å²) in [5, 5.41) is 14.4. The van der Waals surface area contributed by atoms with Crippen molar-refractivity contribution in [3.63, 3.8) is 0 Å². The molecule has 184 valence electrons. The maximum absolute atomic E-state index is 12.8. The third kappa shape index (κ3) is 5.55. The molecule has 1 saturated heterocycles. The molecule has 0 unspecified atom stereocenters. The molecule has 10 heteroatoms. The number of carbonyl (C=O) groups excluding carboxylic acids is 1. The van der Waals surface area contributed by atoms with Gasteiger partial charge in [0.25, 0.3) is 5.91 Å². The average Bonchev–Trinajstić information content (AvgIpc) is 3.25. The number of aromatic nitrogens is 4. The molecule has 3 aromatic heterocycles. The van der Waals surface area contributed by atoms with Crippen LogP contribution in [-0.2, 0) is 11.3 Å². The number of fused-ring (bicyclic) bond motifs is 1. The highest BCUT2D eigenvalue weighted by molar-refractivity contribution is 7.59. The van der Waals surface area contributed by atoms with Gasteiger partial charge in [-0.05, 0) is 61.4 Å². The van der Waals surface area contributed by atoms with E-state index in [-0.39, 0.29) is 19.4 Å². The van der Waals surface area contributed by atoms with Crippen LogP contribution in [0.3, 0.4) is 0 Å². The summed E-state index contributed by atoms with van der Waals surface area (Å²) < 4.78 is 11.6. The van der Waals surface area contributed by atoms with Crippen LogP contribution in [0.5, 0.6) is 0 Å². The van der Waals surface area contributed by atoms with Gasteiger partial charge in [0.2, 0.25) is 12.2 Å². The minimum absolute atomic E-state index is 0. The summed E-state index contributed by atoms with van der Waals surface area (Å²) in [6.45, 7) is 5.00. The van der Waals surface area contributed by atoms with Crippen molar-refractivity contribution in [2.75, 3.05) is 25.5 Å². The van der Waals surface area contributed by atoms with E-state index >= 15 is 0 Å². The van der Waals surface area contributed by atoms with Crippen molar-refractivity contribution in [3.8, 4) is 11.4 Å². The number of hydrogen-bond acceptors (Lipinski definition) is 7. The molecule has 2 fully saturated rings. The Morgan fingerprint density at radius 2 is 2.11 bits per heavy atom. The second kappa shape index (κ2) is 10.6. The van der Waals surface area contributed by atoms with Crippen molar-refractivity contribution in [3.05, 3.63) is 65.8 Å². The lowest BCUT2D eigenvalue weighted by atomic mass is 10.1. The monoisotopic (exact) mass is 494 g/mol.